The van der Waals surface area contributed by atoms with Crippen LogP contribution in [-0.4, -0.2) is 20.9 Å². The van der Waals surface area contributed by atoms with Gasteiger partial charge in [-0.05, 0) is 43.2 Å². The zero-order valence-electron chi connectivity index (χ0n) is 14.2. The van der Waals surface area contributed by atoms with E-state index in [-0.39, 0.29) is 11.6 Å². The summed E-state index contributed by atoms with van der Waals surface area (Å²) in [4.78, 5) is 25.0. The Balaban J connectivity index is 1.63. The van der Waals surface area contributed by atoms with E-state index in [1.807, 2.05) is 50.2 Å². The molecule has 1 amide bonds. The first kappa shape index (κ1) is 16.6. The maximum atomic E-state index is 12.3. The third-order valence-electron chi connectivity index (χ3n) is 3.70. The van der Waals surface area contributed by atoms with Crippen LogP contribution in [0, 0.1) is 13.8 Å². The molecule has 0 saturated carbocycles. The van der Waals surface area contributed by atoms with E-state index in [0.29, 0.717) is 12.4 Å². The second-order valence-electron chi connectivity index (χ2n) is 5.73. The number of nitrogens with zero attached hydrogens (tertiary/aromatic N) is 3. The Kier molecular flexibility index (Phi) is 4.99. The van der Waals surface area contributed by atoms with E-state index in [2.05, 4.69) is 25.6 Å². The first-order valence-corrected chi connectivity index (χ1v) is 7.96. The number of hydrogen-bond acceptors (Lipinski definition) is 5. The summed E-state index contributed by atoms with van der Waals surface area (Å²) in [5, 5.41) is 6.00. The van der Waals surface area contributed by atoms with E-state index in [9.17, 15) is 4.79 Å². The molecule has 0 bridgehead atoms. The topological polar surface area (TPSA) is 79.8 Å². The highest BCUT2D eigenvalue weighted by molar-refractivity contribution is 6.03. The van der Waals surface area contributed by atoms with Crippen LogP contribution in [-0.2, 0) is 6.54 Å². The Morgan fingerprint density at radius 3 is 2.64 bits per heavy atom. The lowest BCUT2D eigenvalue weighted by molar-refractivity contribution is 0.102. The number of pyridine rings is 1. The third-order valence-corrected chi connectivity index (χ3v) is 3.70. The van der Waals surface area contributed by atoms with E-state index < -0.39 is 0 Å². The fourth-order valence-corrected chi connectivity index (χ4v) is 2.28. The van der Waals surface area contributed by atoms with Gasteiger partial charge in [-0.2, -0.15) is 0 Å². The van der Waals surface area contributed by atoms with Crippen molar-refractivity contribution >= 4 is 17.4 Å². The normalized spacial score (nSPS) is 10.3. The molecule has 0 saturated heterocycles. The highest BCUT2D eigenvalue weighted by atomic mass is 16.1. The number of benzene rings is 1. The second-order valence-corrected chi connectivity index (χ2v) is 5.73. The van der Waals surface area contributed by atoms with Crippen LogP contribution in [0.2, 0.25) is 0 Å². The molecule has 0 spiro atoms. The maximum Gasteiger partial charge on any atom is 0.275 e. The van der Waals surface area contributed by atoms with Gasteiger partial charge in [0.05, 0.1) is 24.6 Å². The number of carbonyl (C=O) groups is 1. The van der Waals surface area contributed by atoms with Crippen LogP contribution >= 0.6 is 0 Å². The molecule has 0 radical (unpaired) electrons. The molecule has 0 aliphatic heterocycles. The van der Waals surface area contributed by atoms with Crippen molar-refractivity contribution in [1.82, 2.24) is 15.0 Å². The van der Waals surface area contributed by atoms with E-state index in [4.69, 9.17) is 0 Å². The summed E-state index contributed by atoms with van der Waals surface area (Å²) in [6.07, 6.45) is 4.74. The molecule has 126 valence electrons. The van der Waals surface area contributed by atoms with Gasteiger partial charge in [0, 0.05) is 11.9 Å². The number of anilines is 2. The Morgan fingerprint density at radius 2 is 1.92 bits per heavy atom. The lowest BCUT2D eigenvalue weighted by atomic mass is 10.1. The number of carbonyl (C=O) groups excluding carboxylic acids is 1. The molecule has 0 fully saturated rings. The van der Waals surface area contributed by atoms with Crippen molar-refractivity contribution in [3.05, 3.63) is 77.5 Å². The molecular formula is C19H19N5O. The summed E-state index contributed by atoms with van der Waals surface area (Å²) in [5.41, 5.74) is 4.04. The third kappa shape index (κ3) is 4.38. The van der Waals surface area contributed by atoms with Gasteiger partial charge in [0.15, 0.2) is 0 Å². The first-order chi connectivity index (χ1) is 12.1. The lowest BCUT2D eigenvalue weighted by Gasteiger charge is -2.09. The van der Waals surface area contributed by atoms with Gasteiger partial charge in [0.25, 0.3) is 5.91 Å². The van der Waals surface area contributed by atoms with Crippen LogP contribution < -0.4 is 10.6 Å². The van der Waals surface area contributed by atoms with E-state index in [1.54, 1.807) is 12.4 Å². The van der Waals surface area contributed by atoms with Crippen LogP contribution in [0.4, 0.5) is 11.5 Å². The largest absolute Gasteiger partial charge is 0.363 e. The van der Waals surface area contributed by atoms with Gasteiger partial charge in [-0.1, -0.05) is 18.2 Å². The molecule has 2 aromatic heterocycles. The standard InChI is InChI=1S/C19H19N5O/c1-13-6-7-14(2)16(9-13)24-19(25)17-11-23-18(12-21-17)22-10-15-5-3-4-8-20-15/h3-9,11-12H,10H2,1-2H3,(H,22,23)(H,24,25). The molecule has 0 unspecified atom stereocenters. The summed E-state index contributed by atoms with van der Waals surface area (Å²) in [5.74, 6) is 0.311. The minimum atomic E-state index is -0.280. The van der Waals surface area contributed by atoms with E-state index >= 15 is 0 Å². The number of aromatic nitrogens is 3. The molecule has 0 aliphatic carbocycles. The molecule has 0 aliphatic rings. The van der Waals surface area contributed by atoms with Crippen molar-refractivity contribution < 1.29 is 4.79 Å². The summed E-state index contributed by atoms with van der Waals surface area (Å²) in [6, 6.07) is 11.6. The fourth-order valence-electron chi connectivity index (χ4n) is 2.28. The van der Waals surface area contributed by atoms with Crippen LogP contribution in [0.3, 0.4) is 0 Å². The van der Waals surface area contributed by atoms with Crippen LogP contribution in [0.5, 0.6) is 0 Å². The molecule has 3 aromatic rings. The Hall–Kier alpha value is -3.28. The fraction of sp³-hybridized carbons (Fsp3) is 0.158. The Bertz CT molecular complexity index is 863. The van der Waals surface area contributed by atoms with Gasteiger partial charge < -0.3 is 10.6 Å². The Labute approximate surface area is 146 Å². The van der Waals surface area contributed by atoms with Crippen molar-refractivity contribution in [1.29, 1.82) is 0 Å². The quantitative estimate of drug-likeness (QED) is 0.748. The number of nitrogens with one attached hydrogen (secondary N) is 2. The summed E-state index contributed by atoms with van der Waals surface area (Å²) in [7, 11) is 0. The van der Waals surface area contributed by atoms with Gasteiger partial charge in [0.1, 0.15) is 11.5 Å². The average molecular weight is 333 g/mol. The SMILES string of the molecule is Cc1ccc(C)c(NC(=O)c2cnc(NCc3ccccn3)cn2)c1. The van der Waals surface area contributed by atoms with Crippen LogP contribution in [0.1, 0.15) is 27.3 Å². The van der Waals surface area contributed by atoms with E-state index in [1.165, 1.54) is 6.20 Å². The van der Waals surface area contributed by atoms with Crippen molar-refractivity contribution in [3.8, 4) is 0 Å². The number of rotatable bonds is 5. The summed E-state index contributed by atoms with van der Waals surface area (Å²) < 4.78 is 0. The minimum Gasteiger partial charge on any atom is -0.363 e. The zero-order chi connectivity index (χ0) is 17.6. The molecule has 1 aromatic carbocycles. The molecule has 2 N–H and O–H groups in total. The molecular weight excluding hydrogens is 314 g/mol. The van der Waals surface area contributed by atoms with Crippen molar-refractivity contribution in [2.75, 3.05) is 10.6 Å². The van der Waals surface area contributed by atoms with Gasteiger partial charge in [-0.25, -0.2) is 9.97 Å². The first-order valence-electron chi connectivity index (χ1n) is 7.96. The predicted molar refractivity (Wildman–Crippen MR) is 97.5 cm³/mol. The van der Waals surface area contributed by atoms with Gasteiger partial charge in [-0.3, -0.25) is 9.78 Å². The lowest BCUT2D eigenvalue weighted by Crippen LogP contribution is -2.15. The number of amides is 1. The molecule has 25 heavy (non-hydrogen) atoms. The molecule has 6 nitrogen and oxygen atoms in total. The maximum absolute atomic E-state index is 12.3. The number of hydrogen-bond donors (Lipinski definition) is 2. The number of aryl methyl sites for hydroxylation is 2. The second kappa shape index (κ2) is 7.53. The van der Waals surface area contributed by atoms with E-state index in [0.717, 1.165) is 22.5 Å². The minimum absolute atomic E-state index is 0.268. The highest BCUT2D eigenvalue weighted by Gasteiger charge is 2.10. The van der Waals surface area contributed by atoms with Crippen molar-refractivity contribution in [2.45, 2.75) is 20.4 Å². The van der Waals surface area contributed by atoms with Crippen LogP contribution in [0.15, 0.2) is 55.0 Å². The van der Waals surface area contributed by atoms with Gasteiger partial charge in [0.2, 0.25) is 0 Å². The Morgan fingerprint density at radius 1 is 1.04 bits per heavy atom. The average Bonchev–Trinajstić information content (AvgIpc) is 2.64. The van der Waals surface area contributed by atoms with Crippen molar-refractivity contribution in [3.63, 3.8) is 0 Å². The highest BCUT2D eigenvalue weighted by Crippen LogP contribution is 2.17. The smallest absolute Gasteiger partial charge is 0.275 e. The summed E-state index contributed by atoms with van der Waals surface area (Å²) >= 11 is 0. The molecule has 6 heteroatoms. The predicted octanol–water partition coefficient (Wildman–Crippen LogP) is 3.35. The monoisotopic (exact) mass is 333 g/mol. The van der Waals surface area contributed by atoms with Gasteiger partial charge in [-0.15, -0.1) is 0 Å². The van der Waals surface area contributed by atoms with Crippen LogP contribution in [0.25, 0.3) is 0 Å². The molecule has 0 atom stereocenters. The van der Waals surface area contributed by atoms with Crippen molar-refractivity contribution in [2.24, 2.45) is 0 Å². The zero-order valence-corrected chi connectivity index (χ0v) is 14.2. The molecule has 3 rings (SSSR count). The summed E-state index contributed by atoms with van der Waals surface area (Å²) in [6.45, 7) is 4.48. The van der Waals surface area contributed by atoms with Gasteiger partial charge >= 0.3 is 0 Å². The molecule has 2 heterocycles.